The zero-order chi connectivity index (χ0) is 22.5. The average molecular weight is 489 g/mol. The van der Waals surface area contributed by atoms with Gasteiger partial charge in [0.25, 0.3) is 0 Å². The number of halogens is 1. The Bertz CT molecular complexity index is 1160. The van der Waals surface area contributed by atoms with E-state index in [1.54, 1.807) is 51.1 Å². The molecule has 0 amide bonds. The van der Waals surface area contributed by atoms with E-state index in [1.165, 1.54) is 12.1 Å². The van der Waals surface area contributed by atoms with Crippen LogP contribution in [0.4, 0.5) is 0 Å². The van der Waals surface area contributed by atoms with Crippen molar-refractivity contribution < 1.29 is 28.2 Å². The zero-order valence-corrected chi connectivity index (χ0v) is 18.9. The van der Waals surface area contributed by atoms with Crippen molar-refractivity contribution in [1.29, 1.82) is 0 Å². The van der Waals surface area contributed by atoms with E-state index in [-0.39, 0.29) is 40.9 Å². The Kier molecular flexibility index (Phi) is 7.12. The molecule has 0 spiro atoms. The number of benzene rings is 2. The third-order valence-corrected chi connectivity index (χ3v) is 4.92. The van der Waals surface area contributed by atoms with Crippen LogP contribution in [-0.4, -0.2) is 31.3 Å². The number of ether oxygens (including phenoxy) is 3. The van der Waals surface area contributed by atoms with Gasteiger partial charge in [-0.1, -0.05) is 28.1 Å². The smallest absolute Gasteiger partial charge is 0.375 e. The third-order valence-electron chi connectivity index (χ3n) is 4.39. The Labute approximate surface area is 187 Å². The molecule has 2 aromatic carbocycles. The number of hydrogen-bond acceptors (Lipinski definition) is 7. The van der Waals surface area contributed by atoms with Gasteiger partial charge in [-0.3, -0.25) is 4.79 Å². The highest BCUT2D eigenvalue weighted by molar-refractivity contribution is 9.10. The second-order valence-corrected chi connectivity index (χ2v) is 7.45. The second kappa shape index (κ2) is 9.78. The molecule has 0 radical (unpaired) electrons. The van der Waals surface area contributed by atoms with Crippen molar-refractivity contribution in [3.63, 3.8) is 0 Å². The van der Waals surface area contributed by atoms with E-state index in [0.29, 0.717) is 11.3 Å². The molecule has 0 aliphatic rings. The summed E-state index contributed by atoms with van der Waals surface area (Å²) < 4.78 is 22.3. The first-order chi connectivity index (χ1) is 14.8. The lowest BCUT2D eigenvalue weighted by atomic mass is 10.0. The van der Waals surface area contributed by atoms with Gasteiger partial charge in [-0.15, -0.1) is 0 Å². The molecule has 0 N–H and O–H groups in total. The Balaban J connectivity index is 2.12. The molecule has 31 heavy (non-hydrogen) atoms. The van der Waals surface area contributed by atoms with Crippen molar-refractivity contribution in [2.75, 3.05) is 13.2 Å². The second-order valence-electron chi connectivity index (χ2n) is 6.53. The minimum absolute atomic E-state index is 0.118. The highest BCUT2D eigenvalue weighted by Gasteiger charge is 2.24. The van der Waals surface area contributed by atoms with Crippen molar-refractivity contribution in [1.82, 2.24) is 0 Å². The van der Waals surface area contributed by atoms with Crippen LogP contribution in [0.2, 0.25) is 0 Å². The summed E-state index contributed by atoms with van der Waals surface area (Å²) in [5.74, 6) is -1.16. The van der Waals surface area contributed by atoms with Gasteiger partial charge >= 0.3 is 11.9 Å². The Hall–Kier alpha value is -3.13. The van der Waals surface area contributed by atoms with Crippen LogP contribution < -0.4 is 10.2 Å². The average Bonchev–Trinajstić information content (AvgIpc) is 2.74. The molecular formula is C23H21BrO7. The van der Waals surface area contributed by atoms with Crippen molar-refractivity contribution in [3.05, 3.63) is 62.9 Å². The molecule has 1 heterocycles. The molecule has 7 nitrogen and oxygen atoms in total. The van der Waals surface area contributed by atoms with Gasteiger partial charge in [-0.25, -0.2) is 9.59 Å². The van der Waals surface area contributed by atoms with Crippen LogP contribution in [0, 0.1) is 0 Å². The topological polar surface area (TPSA) is 92.0 Å². The number of rotatable bonds is 7. The molecule has 1 aromatic heterocycles. The van der Waals surface area contributed by atoms with E-state index in [4.69, 9.17) is 18.6 Å². The van der Waals surface area contributed by atoms with Gasteiger partial charge in [0.2, 0.25) is 11.2 Å². The molecule has 0 bridgehead atoms. The SMILES string of the molecule is CCOC(=O)c1oc2cc(OC(C)C(=O)OCC)ccc2c(=O)c1-c1ccc(Br)cc1. The van der Waals surface area contributed by atoms with Gasteiger partial charge in [-0.05, 0) is 50.6 Å². The van der Waals surface area contributed by atoms with Gasteiger partial charge < -0.3 is 18.6 Å². The van der Waals surface area contributed by atoms with Crippen LogP contribution in [-0.2, 0) is 14.3 Å². The summed E-state index contributed by atoms with van der Waals surface area (Å²) in [4.78, 5) is 37.7. The van der Waals surface area contributed by atoms with Crippen LogP contribution in [0.25, 0.3) is 22.1 Å². The number of carbonyl (C=O) groups excluding carboxylic acids is 2. The molecule has 1 atom stereocenters. The molecule has 1 unspecified atom stereocenters. The quantitative estimate of drug-likeness (QED) is 0.443. The molecule has 0 fully saturated rings. The van der Waals surface area contributed by atoms with Gasteiger partial charge in [0, 0.05) is 10.5 Å². The highest BCUT2D eigenvalue weighted by atomic mass is 79.9. The first-order valence-corrected chi connectivity index (χ1v) is 10.5. The van der Waals surface area contributed by atoms with Gasteiger partial charge in [0.05, 0.1) is 24.2 Å². The molecule has 3 rings (SSSR count). The van der Waals surface area contributed by atoms with Crippen LogP contribution in [0.1, 0.15) is 31.3 Å². The molecule has 0 aliphatic heterocycles. The van der Waals surface area contributed by atoms with E-state index < -0.39 is 18.0 Å². The Morgan fingerprint density at radius 1 is 1.03 bits per heavy atom. The predicted molar refractivity (Wildman–Crippen MR) is 118 cm³/mol. The predicted octanol–water partition coefficient (Wildman–Crippen LogP) is 4.73. The van der Waals surface area contributed by atoms with Crippen LogP contribution in [0.15, 0.2) is 56.1 Å². The van der Waals surface area contributed by atoms with Crippen LogP contribution >= 0.6 is 15.9 Å². The summed E-state index contributed by atoms with van der Waals surface area (Å²) in [7, 11) is 0. The lowest BCUT2D eigenvalue weighted by Crippen LogP contribution is -2.26. The minimum atomic E-state index is -0.851. The molecule has 8 heteroatoms. The lowest BCUT2D eigenvalue weighted by molar-refractivity contribution is -0.150. The van der Waals surface area contributed by atoms with E-state index in [0.717, 1.165) is 4.47 Å². The molecule has 0 saturated carbocycles. The van der Waals surface area contributed by atoms with E-state index >= 15 is 0 Å². The summed E-state index contributed by atoms with van der Waals surface area (Å²) >= 11 is 3.36. The van der Waals surface area contributed by atoms with E-state index in [9.17, 15) is 14.4 Å². The molecule has 0 saturated heterocycles. The molecule has 162 valence electrons. The normalized spacial score (nSPS) is 11.7. The maximum atomic E-state index is 13.3. The Morgan fingerprint density at radius 3 is 2.35 bits per heavy atom. The van der Waals surface area contributed by atoms with Crippen molar-refractivity contribution in [2.24, 2.45) is 0 Å². The van der Waals surface area contributed by atoms with E-state index in [1.807, 2.05) is 0 Å². The monoisotopic (exact) mass is 488 g/mol. The highest BCUT2D eigenvalue weighted by Crippen LogP contribution is 2.28. The largest absolute Gasteiger partial charge is 0.479 e. The summed E-state index contributed by atoms with van der Waals surface area (Å²) in [5.41, 5.74) is 0.407. The summed E-state index contributed by atoms with van der Waals surface area (Å²) in [5, 5.41) is 0.266. The third kappa shape index (κ3) is 4.96. The number of fused-ring (bicyclic) bond motifs is 1. The zero-order valence-electron chi connectivity index (χ0n) is 17.3. The fourth-order valence-electron chi connectivity index (χ4n) is 2.98. The van der Waals surface area contributed by atoms with Crippen LogP contribution in [0.5, 0.6) is 5.75 Å². The van der Waals surface area contributed by atoms with Crippen molar-refractivity contribution in [2.45, 2.75) is 26.9 Å². The lowest BCUT2D eigenvalue weighted by Gasteiger charge is -2.14. The fraction of sp³-hybridized carbons (Fsp3) is 0.261. The maximum absolute atomic E-state index is 13.3. The van der Waals surface area contributed by atoms with E-state index in [2.05, 4.69) is 15.9 Å². The fourth-order valence-corrected chi connectivity index (χ4v) is 3.24. The molecular weight excluding hydrogens is 468 g/mol. The first-order valence-electron chi connectivity index (χ1n) is 9.72. The van der Waals surface area contributed by atoms with Gasteiger partial charge in [-0.2, -0.15) is 0 Å². The maximum Gasteiger partial charge on any atom is 0.375 e. The summed E-state index contributed by atoms with van der Waals surface area (Å²) in [6.07, 6.45) is -0.851. The van der Waals surface area contributed by atoms with Crippen LogP contribution in [0.3, 0.4) is 0 Å². The standard InChI is InChI=1S/C23H21BrO7/c1-4-28-22(26)13(3)30-16-10-11-17-18(12-16)31-21(23(27)29-5-2)19(20(17)25)14-6-8-15(24)9-7-14/h6-13H,4-5H2,1-3H3. The van der Waals surface area contributed by atoms with Gasteiger partial charge in [0.1, 0.15) is 11.3 Å². The van der Waals surface area contributed by atoms with Crippen molar-refractivity contribution in [3.8, 4) is 16.9 Å². The molecule has 3 aromatic rings. The minimum Gasteiger partial charge on any atom is -0.479 e. The molecule has 0 aliphatic carbocycles. The van der Waals surface area contributed by atoms with Crippen molar-refractivity contribution >= 4 is 38.8 Å². The number of esters is 2. The Morgan fingerprint density at radius 2 is 1.71 bits per heavy atom. The summed E-state index contributed by atoms with van der Waals surface area (Å²) in [6, 6.07) is 11.5. The van der Waals surface area contributed by atoms with Gasteiger partial charge in [0.15, 0.2) is 6.10 Å². The first kappa shape index (κ1) is 22.6. The summed E-state index contributed by atoms with van der Waals surface area (Å²) in [6.45, 7) is 5.29. The number of carbonyl (C=O) groups is 2. The number of hydrogen-bond donors (Lipinski definition) is 0.